The van der Waals surface area contributed by atoms with E-state index in [1.54, 1.807) is 12.1 Å². The second kappa shape index (κ2) is 5.01. The monoisotopic (exact) mass is 337 g/mol. The number of rotatable bonds is 3. The van der Waals surface area contributed by atoms with Crippen LogP contribution in [-0.4, -0.2) is 16.1 Å². The number of nitrogens with two attached hydrogens (primary N) is 1. The van der Waals surface area contributed by atoms with Crippen molar-refractivity contribution in [1.29, 1.82) is 0 Å². The van der Waals surface area contributed by atoms with E-state index in [0.717, 1.165) is 0 Å². The molecule has 4 N–H and O–H groups in total. The van der Waals surface area contributed by atoms with E-state index in [1.165, 1.54) is 0 Å². The first kappa shape index (κ1) is 14.1. The lowest BCUT2D eigenvalue weighted by atomic mass is 10.0. The third kappa shape index (κ3) is 3.38. The van der Waals surface area contributed by atoms with Gasteiger partial charge in [0.15, 0.2) is 0 Å². The summed E-state index contributed by atoms with van der Waals surface area (Å²) >= 11 is 3.25. The molecule has 1 heterocycles. The second-order valence-electron chi connectivity index (χ2n) is 4.26. The van der Waals surface area contributed by atoms with Gasteiger partial charge in [0.25, 0.3) is 0 Å². The number of nitrogens with one attached hydrogen (secondary N) is 2. The summed E-state index contributed by atoms with van der Waals surface area (Å²) in [6, 6.07) is 2.45. The highest BCUT2D eigenvalue weighted by Crippen LogP contribution is 2.31. The molecule has 0 amide bonds. The number of aromatic amines is 2. The zero-order valence-electron chi connectivity index (χ0n) is 9.64. The van der Waals surface area contributed by atoms with Crippen LogP contribution in [0.15, 0.2) is 21.4 Å². The SMILES string of the molecule is NC(CCC(F)(F)F)c1cc2[nH]c(=O)[nH]c2cc1Br. The Kier molecular flexibility index (Phi) is 3.73. The molecule has 0 aliphatic heterocycles. The molecular formula is C11H11BrF3N3O. The van der Waals surface area contributed by atoms with Crippen LogP contribution in [0.2, 0.25) is 0 Å². The summed E-state index contributed by atoms with van der Waals surface area (Å²) in [7, 11) is 0. The van der Waals surface area contributed by atoms with Crippen molar-refractivity contribution in [2.45, 2.75) is 25.1 Å². The van der Waals surface area contributed by atoms with Crippen molar-refractivity contribution in [3.8, 4) is 0 Å². The Balaban J connectivity index is 2.28. The van der Waals surface area contributed by atoms with E-state index in [2.05, 4.69) is 25.9 Å². The van der Waals surface area contributed by atoms with E-state index in [1.807, 2.05) is 0 Å². The Morgan fingerprint density at radius 3 is 2.42 bits per heavy atom. The van der Waals surface area contributed by atoms with Gasteiger partial charge in [0.1, 0.15) is 0 Å². The maximum Gasteiger partial charge on any atom is 0.389 e. The first-order chi connectivity index (χ1) is 8.76. The van der Waals surface area contributed by atoms with Crippen LogP contribution in [0, 0.1) is 0 Å². The van der Waals surface area contributed by atoms with Crippen LogP contribution >= 0.6 is 15.9 Å². The average Bonchev–Trinajstić information content (AvgIpc) is 2.63. The summed E-state index contributed by atoms with van der Waals surface area (Å²) in [4.78, 5) is 16.2. The highest BCUT2D eigenvalue weighted by Gasteiger charge is 2.28. The summed E-state index contributed by atoms with van der Waals surface area (Å²) in [5.41, 5.74) is 7.02. The number of benzene rings is 1. The summed E-state index contributed by atoms with van der Waals surface area (Å²) in [6.45, 7) is 0. The summed E-state index contributed by atoms with van der Waals surface area (Å²) < 4.78 is 37.1. The van der Waals surface area contributed by atoms with Gasteiger partial charge in [-0.05, 0) is 24.1 Å². The molecule has 0 fully saturated rings. The quantitative estimate of drug-likeness (QED) is 0.805. The first-order valence-electron chi connectivity index (χ1n) is 5.50. The van der Waals surface area contributed by atoms with Gasteiger partial charge in [-0.3, -0.25) is 0 Å². The van der Waals surface area contributed by atoms with E-state index >= 15 is 0 Å². The molecule has 0 aliphatic rings. The molecule has 2 aromatic rings. The molecule has 0 saturated carbocycles. The molecular weight excluding hydrogens is 327 g/mol. The number of fused-ring (bicyclic) bond motifs is 1. The van der Waals surface area contributed by atoms with Gasteiger partial charge in [0, 0.05) is 16.9 Å². The number of H-pyrrole nitrogens is 2. The predicted octanol–water partition coefficient (Wildman–Crippen LogP) is 2.96. The molecule has 0 saturated heterocycles. The summed E-state index contributed by atoms with van der Waals surface area (Å²) in [5, 5.41) is 0. The smallest absolute Gasteiger partial charge is 0.324 e. The average molecular weight is 338 g/mol. The van der Waals surface area contributed by atoms with Crippen molar-refractivity contribution < 1.29 is 13.2 Å². The molecule has 19 heavy (non-hydrogen) atoms. The maximum absolute atomic E-state index is 12.2. The number of alkyl halides is 3. The Labute approximate surface area is 114 Å². The molecule has 1 atom stereocenters. The molecule has 0 aliphatic carbocycles. The lowest BCUT2D eigenvalue weighted by molar-refractivity contribution is -0.136. The molecule has 0 radical (unpaired) electrons. The Morgan fingerprint density at radius 1 is 1.26 bits per heavy atom. The molecule has 0 bridgehead atoms. The molecule has 104 valence electrons. The van der Waals surface area contributed by atoms with Crippen molar-refractivity contribution in [1.82, 2.24) is 9.97 Å². The van der Waals surface area contributed by atoms with Gasteiger partial charge in [-0.2, -0.15) is 13.2 Å². The standard InChI is InChI=1S/C11H11BrF3N3O/c12-6-4-9-8(17-10(19)18-9)3-5(6)7(16)1-2-11(13,14)15/h3-4,7H,1-2,16H2,(H2,17,18,19). The van der Waals surface area contributed by atoms with Crippen LogP contribution < -0.4 is 11.4 Å². The minimum atomic E-state index is -4.23. The molecule has 1 aromatic carbocycles. The van der Waals surface area contributed by atoms with Crippen LogP contribution in [-0.2, 0) is 0 Å². The summed E-state index contributed by atoms with van der Waals surface area (Å²) in [6.07, 6.45) is -5.37. The van der Waals surface area contributed by atoms with Crippen molar-refractivity contribution >= 4 is 27.0 Å². The molecule has 8 heteroatoms. The van der Waals surface area contributed by atoms with E-state index in [-0.39, 0.29) is 12.1 Å². The minimum Gasteiger partial charge on any atom is -0.324 e. The fourth-order valence-corrected chi connectivity index (χ4v) is 2.47. The molecule has 4 nitrogen and oxygen atoms in total. The number of halogens is 4. The van der Waals surface area contributed by atoms with Crippen molar-refractivity contribution in [2.75, 3.05) is 0 Å². The number of hydrogen-bond donors (Lipinski definition) is 3. The predicted molar refractivity (Wildman–Crippen MR) is 68.8 cm³/mol. The largest absolute Gasteiger partial charge is 0.389 e. The van der Waals surface area contributed by atoms with E-state index in [0.29, 0.717) is 21.1 Å². The molecule has 2 rings (SSSR count). The van der Waals surface area contributed by atoms with Crippen LogP contribution in [0.4, 0.5) is 13.2 Å². The molecule has 1 unspecified atom stereocenters. The van der Waals surface area contributed by atoms with Crippen molar-refractivity contribution in [3.63, 3.8) is 0 Å². The normalized spacial score (nSPS) is 13.9. The number of hydrogen-bond acceptors (Lipinski definition) is 2. The van der Waals surface area contributed by atoms with Gasteiger partial charge < -0.3 is 15.7 Å². The second-order valence-corrected chi connectivity index (χ2v) is 5.11. The highest BCUT2D eigenvalue weighted by molar-refractivity contribution is 9.10. The Morgan fingerprint density at radius 2 is 1.84 bits per heavy atom. The zero-order chi connectivity index (χ0) is 14.2. The van der Waals surface area contributed by atoms with Gasteiger partial charge in [-0.25, -0.2) is 4.79 Å². The van der Waals surface area contributed by atoms with Crippen molar-refractivity contribution in [3.05, 3.63) is 32.7 Å². The third-order valence-electron chi connectivity index (χ3n) is 2.77. The van der Waals surface area contributed by atoms with Crippen LogP contribution in [0.1, 0.15) is 24.4 Å². The van der Waals surface area contributed by atoms with Crippen LogP contribution in [0.5, 0.6) is 0 Å². The summed E-state index contributed by atoms with van der Waals surface area (Å²) in [5.74, 6) is 0. The van der Waals surface area contributed by atoms with Gasteiger partial charge in [-0.15, -0.1) is 0 Å². The fourth-order valence-electron chi connectivity index (χ4n) is 1.83. The van der Waals surface area contributed by atoms with Crippen LogP contribution in [0.25, 0.3) is 11.0 Å². The van der Waals surface area contributed by atoms with Gasteiger partial charge >= 0.3 is 11.9 Å². The van der Waals surface area contributed by atoms with E-state index < -0.39 is 18.6 Å². The maximum atomic E-state index is 12.2. The number of aromatic nitrogens is 2. The minimum absolute atomic E-state index is 0.206. The zero-order valence-corrected chi connectivity index (χ0v) is 11.2. The Hall–Kier alpha value is -1.28. The van der Waals surface area contributed by atoms with Crippen molar-refractivity contribution in [2.24, 2.45) is 5.73 Å². The van der Waals surface area contributed by atoms with E-state index in [9.17, 15) is 18.0 Å². The Bertz CT molecular complexity index is 647. The number of imidazole rings is 1. The van der Waals surface area contributed by atoms with Crippen LogP contribution in [0.3, 0.4) is 0 Å². The molecule has 1 aromatic heterocycles. The van der Waals surface area contributed by atoms with Gasteiger partial charge in [0.05, 0.1) is 11.0 Å². The van der Waals surface area contributed by atoms with Gasteiger partial charge in [-0.1, -0.05) is 15.9 Å². The lowest BCUT2D eigenvalue weighted by Crippen LogP contribution is -2.16. The first-order valence-corrected chi connectivity index (χ1v) is 6.29. The van der Waals surface area contributed by atoms with Gasteiger partial charge in [0.2, 0.25) is 0 Å². The lowest BCUT2D eigenvalue weighted by Gasteiger charge is -2.15. The fraction of sp³-hybridized carbons (Fsp3) is 0.364. The topological polar surface area (TPSA) is 74.7 Å². The molecule has 0 spiro atoms. The van der Waals surface area contributed by atoms with E-state index in [4.69, 9.17) is 5.73 Å². The third-order valence-corrected chi connectivity index (χ3v) is 3.46. The highest BCUT2D eigenvalue weighted by atomic mass is 79.9.